The Hall–Kier alpha value is -2.17. The van der Waals surface area contributed by atoms with Gasteiger partial charge in [-0.05, 0) is 25.0 Å². The van der Waals surface area contributed by atoms with Gasteiger partial charge in [0.2, 0.25) is 5.91 Å². The van der Waals surface area contributed by atoms with E-state index in [2.05, 4.69) is 5.32 Å². The van der Waals surface area contributed by atoms with Crippen molar-refractivity contribution in [3.63, 3.8) is 0 Å². The van der Waals surface area contributed by atoms with Crippen molar-refractivity contribution < 1.29 is 14.4 Å². The Bertz CT molecular complexity index is 585. The number of carbonyl (C=O) groups is 3. The Balaban J connectivity index is 0.000000774. The van der Waals surface area contributed by atoms with Gasteiger partial charge in [0.1, 0.15) is 0 Å². The van der Waals surface area contributed by atoms with Gasteiger partial charge >= 0.3 is 0 Å². The summed E-state index contributed by atoms with van der Waals surface area (Å²) >= 11 is 0. The molecule has 112 valence electrons. The lowest BCUT2D eigenvalue weighted by Crippen LogP contribution is -2.50. The third kappa shape index (κ3) is 2.55. The largest absolute Gasteiger partial charge is 0.354 e. The molecule has 0 spiro atoms. The molecule has 1 atom stereocenters. The zero-order chi connectivity index (χ0) is 15.6. The van der Waals surface area contributed by atoms with Gasteiger partial charge in [-0.1, -0.05) is 26.0 Å². The third-order valence-electron chi connectivity index (χ3n) is 3.76. The van der Waals surface area contributed by atoms with E-state index in [0.29, 0.717) is 30.5 Å². The zero-order valence-corrected chi connectivity index (χ0v) is 12.6. The maximum atomic E-state index is 12.4. The predicted octanol–water partition coefficient (Wildman–Crippen LogP) is 1.90. The van der Waals surface area contributed by atoms with Crippen LogP contribution in [0.3, 0.4) is 0 Å². The Morgan fingerprint density at radius 3 is 2.43 bits per heavy atom. The van der Waals surface area contributed by atoms with Crippen molar-refractivity contribution in [1.29, 1.82) is 0 Å². The van der Waals surface area contributed by atoms with E-state index < -0.39 is 0 Å². The predicted molar refractivity (Wildman–Crippen MR) is 79.1 cm³/mol. The number of nitrogens with zero attached hydrogens (tertiary/aromatic N) is 1. The van der Waals surface area contributed by atoms with Crippen LogP contribution in [-0.4, -0.2) is 35.2 Å². The van der Waals surface area contributed by atoms with Gasteiger partial charge in [0.15, 0.2) is 0 Å². The lowest BCUT2D eigenvalue weighted by molar-refractivity contribution is -0.123. The van der Waals surface area contributed by atoms with E-state index in [0.717, 1.165) is 5.56 Å². The fraction of sp³-hybridized carbons (Fsp3) is 0.438. The highest BCUT2D eigenvalue weighted by atomic mass is 16.2. The molecule has 0 radical (unpaired) electrons. The summed E-state index contributed by atoms with van der Waals surface area (Å²) in [5, 5.41) is 2.71. The number of rotatable bonds is 1. The monoisotopic (exact) mass is 288 g/mol. The van der Waals surface area contributed by atoms with Gasteiger partial charge in [0.25, 0.3) is 11.8 Å². The Morgan fingerprint density at radius 1 is 1.14 bits per heavy atom. The highest BCUT2D eigenvalue weighted by Gasteiger charge is 2.41. The van der Waals surface area contributed by atoms with E-state index in [1.807, 2.05) is 26.8 Å². The molecule has 2 aliphatic rings. The number of fused-ring (bicyclic) bond motifs is 1. The van der Waals surface area contributed by atoms with E-state index in [-0.39, 0.29) is 23.8 Å². The van der Waals surface area contributed by atoms with Crippen LogP contribution in [-0.2, 0) is 4.79 Å². The molecule has 5 heteroatoms. The number of amides is 3. The molecular weight excluding hydrogens is 268 g/mol. The van der Waals surface area contributed by atoms with Crippen molar-refractivity contribution >= 4 is 17.7 Å². The second kappa shape index (κ2) is 6.08. The third-order valence-corrected chi connectivity index (χ3v) is 3.76. The topological polar surface area (TPSA) is 66.5 Å². The van der Waals surface area contributed by atoms with Crippen LogP contribution in [0.15, 0.2) is 18.2 Å². The van der Waals surface area contributed by atoms with Crippen molar-refractivity contribution in [2.24, 2.45) is 0 Å². The first-order valence-electron chi connectivity index (χ1n) is 7.34. The van der Waals surface area contributed by atoms with E-state index in [4.69, 9.17) is 0 Å². The Kier molecular flexibility index (Phi) is 4.40. The second-order valence-electron chi connectivity index (χ2n) is 4.97. The molecule has 3 amide bonds. The van der Waals surface area contributed by atoms with Crippen molar-refractivity contribution in [3.8, 4) is 0 Å². The van der Waals surface area contributed by atoms with Crippen molar-refractivity contribution in [1.82, 2.24) is 10.2 Å². The first kappa shape index (κ1) is 15.2. The second-order valence-corrected chi connectivity index (χ2v) is 4.97. The molecule has 0 bridgehead atoms. The average Bonchev–Trinajstić information content (AvgIpc) is 2.75. The lowest BCUT2D eigenvalue weighted by atomic mass is 10.0. The fourth-order valence-corrected chi connectivity index (χ4v) is 2.74. The molecule has 1 aromatic carbocycles. The molecule has 3 rings (SSSR count). The van der Waals surface area contributed by atoms with Crippen LogP contribution in [0.1, 0.15) is 53.0 Å². The number of hydrogen-bond donors (Lipinski definition) is 1. The molecule has 0 aromatic heterocycles. The molecule has 1 fully saturated rings. The van der Waals surface area contributed by atoms with Gasteiger partial charge in [-0.25, -0.2) is 0 Å². The number of piperidine rings is 1. The molecule has 1 saturated heterocycles. The number of benzene rings is 1. The molecule has 0 saturated carbocycles. The van der Waals surface area contributed by atoms with Crippen LogP contribution < -0.4 is 5.32 Å². The Labute approximate surface area is 124 Å². The molecule has 0 aliphatic carbocycles. The van der Waals surface area contributed by atoms with Crippen LogP contribution in [0, 0.1) is 6.92 Å². The highest BCUT2D eigenvalue weighted by molar-refractivity contribution is 6.22. The summed E-state index contributed by atoms with van der Waals surface area (Å²) in [5.41, 5.74) is 1.80. The molecule has 2 heterocycles. The number of carbonyl (C=O) groups excluding carboxylic acids is 3. The summed E-state index contributed by atoms with van der Waals surface area (Å²) in [6.07, 6.45) is 0.896. The normalized spacial score (nSPS) is 20.6. The van der Waals surface area contributed by atoms with Gasteiger partial charge < -0.3 is 5.32 Å². The highest BCUT2D eigenvalue weighted by Crippen LogP contribution is 2.28. The fourth-order valence-electron chi connectivity index (χ4n) is 2.74. The van der Waals surface area contributed by atoms with Gasteiger partial charge in [-0.2, -0.15) is 0 Å². The molecule has 5 nitrogen and oxygen atoms in total. The van der Waals surface area contributed by atoms with Crippen LogP contribution in [0.4, 0.5) is 0 Å². The molecule has 21 heavy (non-hydrogen) atoms. The Morgan fingerprint density at radius 2 is 1.86 bits per heavy atom. The maximum absolute atomic E-state index is 12.4. The van der Waals surface area contributed by atoms with Crippen molar-refractivity contribution in [2.45, 2.75) is 39.7 Å². The molecular formula is C16H20N2O3. The smallest absolute Gasteiger partial charge is 0.262 e. The van der Waals surface area contributed by atoms with Crippen LogP contribution in [0.25, 0.3) is 0 Å². The molecule has 1 aromatic rings. The van der Waals surface area contributed by atoms with Crippen molar-refractivity contribution in [3.05, 3.63) is 34.9 Å². The SMILES string of the molecule is CC.Cc1cccc2c1C(=O)N(C1CCC(=O)NC1)C2=O. The minimum absolute atomic E-state index is 0.0240. The van der Waals surface area contributed by atoms with Crippen LogP contribution in [0.5, 0.6) is 0 Å². The molecule has 2 aliphatic heterocycles. The lowest BCUT2D eigenvalue weighted by Gasteiger charge is -2.29. The number of aryl methyl sites for hydroxylation is 1. The van der Waals surface area contributed by atoms with E-state index in [1.54, 1.807) is 12.1 Å². The van der Waals surface area contributed by atoms with E-state index in [9.17, 15) is 14.4 Å². The quantitative estimate of drug-likeness (QED) is 0.803. The van der Waals surface area contributed by atoms with Crippen LogP contribution in [0.2, 0.25) is 0 Å². The summed E-state index contributed by atoms with van der Waals surface area (Å²) in [6, 6.07) is 5.07. The summed E-state index contributed by atoms with van der Waals surface area (Å²) in [4.78, 5) is 37.2. The van der Waals surface area contributed by atoms with Gasteiger partial charge in [0, 0.05) is 13.0 Å². The standard InChI is InChI=1S/C14H14N2O3.C2H6/c1-8-3-2-4-10-12(8)14(19)16(13(10)18)9-5-6-11(17)15-7-9;1-2/h2-4,9H,5-7H2,1H3,(H,15,17);1-2H3. The average molecular weight is 288 g/mol. The van der Waals surface area contributed by atoms with Gasteiger partial charge in [-0.3, -0.25) is 19.3 Å². The first-order valence-corrected chi connectivity index (χ1v) is 7.34. The molecule has 1 N–H and O–H groups in total. The number of imide groups is 1. The minimum Gasteiger partial charge on any atom is -0.354 e. The maximum Gasteiger partial charge on any atom is 0.262 e. The van der Waals surface area contributed by atoms with Crippen LogP contribution >= 0.6 is 0 Å². The number of nitrogens with one attached hydrogen (secondary N) is 1. The number of hydrogen-bond acceptors (Lipinski definition) is 3. The zero-order valence-electron chi connectivity index (χ0n) is 12.6. The molecule has 1 unspecified atom stereocenters. The summed E-state index contributed by atoms with van der Waals surface area (Å²) in [6.45, 7) is 6.18. The summed E-state index contributed by atoms with van der Waals surface area (Å²) in [5.74, 6) is -0.506. The van der Waals surface area contributed by atoms with E-state index in [1.165, 1.54) is 4.90 Å². The van der Waals surface area contributed by atoms with Gasteiger partial charge in [-0.15, -0.1) is 0 Å². The minimum atomic E-state index is -0.246. The summed E-state index contributed by atoms with van der Waals surface area (Å²) < 4.78 is 0. The first-order chi connectivity index (χ1) is 10.1. The van der Waals surface area contributed by atoms with E-state index >= 15 is 0 Å². The summed E-state index contributed by atoms with van der Waals surface area (Å²) in [7, 11) is 0. The van der Waals surface area contributed by atoms with Gasteiger partial charge in [0.05, 0.1) is 17.2 Å². The van der Waals surface area contributed by atoms with Crippen molar-refractivity contribution in [2.75, 3.05) is 6.54 Å².